The fourth-order valence-corrected chi connectivity index (χ4v) is 2.12. The lowest BCUT2D eigenvalue weighted by molar-refractivity contribution is 0.0249. The van der Waals surface area contributed by atoms with Crippen molar-refractivity contribution < 1.29 is 9.47 Å². The molecule has 1 heterocycles. The first-order valence-corrected chi connectivity index (χ1v) is 6.64. The highest BCUT2D eigenvalue weighted by atomic mass is 16.5. The molecule has 0 aliphatic carbocycles. The highest BCUT2D eigenvalue weighted by molar-refractivity contribution is 4.69. The van der Waals surface area contributed by atoms with Crippen molar-refractivity contribution in [2.75, 3.05) is 32.9 Å². The predicted octanol–water partition coefficient (Wildman–Crippen LogP) is 2.06. The van der Waals surface area contributed by atoms with Gasteiger partial charge in [-0.05, 0) is 38.1 Å². The van der Waals surface area contributed by atoms with E-state index in [-0.39, 0.29) is 0 Å². The van der Waals surface area contributed by atoms with Gasteiger partial charge in [-0.2, -0.15) is 0 Å². The maximum Gasteiger partial charge on any atom is 0.0609 e. The third-order valence-corrected chi connectivity index (χ3v) is 3.19. The van der Waals surface area contributed by atoms with Gasteiger partial charge < -0.3 is 14.8 Å². The van der Waals surface area contributed by atoms with E-state index in [9.17, 15) is 0 Å². The molecular formula is C13H27NO2. The molecule has 0 spiro atoms. The van der Waals surface area contributed by atoms with Gasteiger partial charge in [-0.3, -0.25) is 0 Å². The van der Waals surface area contributed by atoms with E-state index in [2.05, 4.69) is 26.1 Å². The van der Waals surface area contributed by atoms with Gasteiger partial charge in [0.1, 0.15) is 0 Å². The lowest BCUT2D eigenvalue weighted by Gasteiger charge is -2.21. The quantitative estimate of drug-likeness (QED) is 0.646. The Labute approximate surface area is 99.9 Å². The summed E-state index contributed by atoms with van der Waals surface area (Å²) in [5, 5.41) is 3.51. The molecule has 0 amide bonds. The second-order valence-electron chi connectivity index (χ2n) is 4.96. The predicted molar refractivity (Wildman–Crippen MR) is 66.7 cm³/mol. The number of rotatable bonds is 8. The van der Waals surface area contributed by atoms with E-state index in [4.69, 9.17) is 9.47 Å². The Morgan fingerprint density at radius 3 is 2.81 bits per heavy atom. The van der Waals surface area contributed by atoms with Crippen molar-refractivity contribution in [1.29, 1.82) is 0 Å². The van der Waals surface area contributed by atoms with Crippen molar-refractivity contribution in [2.24, 2.45) is 11.8 Å². The van der Waals surface area contributed by atoms with Crippen LogP contribution >= 0.6 is 0 Å². The van der Waals surface area contributed by atoms with Gasteiger partial charge in [0.25, 0.3) is 0 Å². The monoisotopic (exact) mass is 229 g/mol. The summed E-state index contributed by atoms with van der Waals surface area (Å²) >= 11 is 0. The molecule has 96 valence electrons. The summed E-state index contributed by atoms with van der Waals surface area (Å²) in [5.41, 5.74) is 0. The van der Waals surface area contributed by atoms with Crippen LogP contribution in [0.3, 0.4) is 0 Å². The first-order chi connectivity index (χ1) is 7.74. The average Bonchev–Trinajstić information content (AvgIpc) is 2.75. The maximum absolute atomic E-state index is 5.71. The second-order valence-corrected chi connectivity index (χ2v) is 4.96. The molecule has 3 heteroatoms. The summed E-state index contributed by atoms with van der Waals surface area (Å²) in [6.45, 7) is 11.4. The normalized spacial score (nSPS) is 22.9. The third-order valence-electron chi connectivity index (χ3n) is 3.19. The smallest absolute Gasteiger partial charge is 0.0609 e. The van der Waals surface area contributed by atoms with Crippen LogP contribution in [0.25, 0.3) is 0 Å². The van der Waals surface area contributed by atoms with Crippen molar-refractivity contribution in [1.82, 2.24) is 5.32 Å². The van der Waals surface area contributed by atoms with Crippen molar-refractivity contribution in [3.8, 4) is 0 Å². The van der Waals surface area contributed by atoms with Gasteiger partial charge in [0.05, 0.1) is 12.7 Å². The summed E-state index contributed by atoms with van der Waals surface area (Å²) in [7, 11) is 0. The Hall–Kier alpha value is -0.120. The molecule has 0 aromatic carbocycles. The van der Waals surface area contributed by atoms with Crippen molar-refractivity contribution in [2.45, 2.75) is 39.7 Å². The molecule has 0 bridgehead atoms. The van der Waals surface area contributed by atoms with E-state index < -0.39 is 0 Å². The maximum atomic E-state index is 5.71. The van der Waals surface area contributed by atoms with Gasteiger partial charge in [-0.15, -0.1) is 0 Å². The van der Waals surface area contributed by atoms with Crippen LogP contribution in [0.15, 0.2) is 0 Å². The van der Waals surface area contributed by atoms with E-state index in [0.29, 0.717) is 12.0 Å². The van der Waals surface area contributed by atoms with Crippen LogP contribution in [0.5, 0.6) is 0 Å². The number of nitrogens with one attached hydrogen (secondary N) is 1. The zero-order valence-corrected chi connectivity index (χ0v) is 11.0. The fraction of sp³-hybridized carbons (Fsp3) is 1.00. The molecule has 1 N–H and O–H groups in total. The van der Waals surface area contributed by atoms with Crippen LogP contribution in [0.1, 0.15) is 33.6 Å². The molecule has 2 atom stereocenters. The highest BCUT2D eigenvalue weighted by Gasteiger charge is 2.16. The average molecular weight is 229 g/mol. The molecule has 1 rings (SSSR count). The molecule has 0 aromatic heterocycles. The second kappa shape index (κ2) is 8.04. The van der Waals surface area contributed by atoms with Crippen molar-refractivity contribution in [3.63, 3.8) is 0 Å². The van der Waals surface area contributed by atoms with Crippen molar-refractivity contribution >= 4 is 0 Å². The van der Waals surface area contributed by atoms with Gasteiger partial charge in [-0.25, -0.2) is 0 Å². The summed E-state index contributed by atoms with van der Waals surface area (Å²) in [6.07, 6.45) is 2.72. The van der Waals surface area contributed by atoms with Crippen molar-refractivity contribution in [3.05, 3.63) is 0 Å². The number of hydrogen-bond donors (Lipinski definition) is 1. The van der Waals surface area contributed by atoms with E-state index in [1.807, 2.05) is 0 Å². The molecular weight excluding hydrogens is 202 g/mol. The minimum atomic E-state index is 0.400. The van der Waals surface area contributed by atoms with Crippen LogP contribution in [-0.2, 0) is 9.47 Å². The van der Waals surface area contributed by atoms with Crippen LogP contribution in [0, 0.1) is 11.8 Å². The summed E-state index contributed by atoms with van der Waals surface area (Å²) < 4.78 is 11.1. The Morgan fingerprint density at radius 2 is 2.25 bits per heavy atom. The van der Waals surface area contributed by atoms with Gasteiger partial charge in [-0.1, -0.05) is 13.8 Å². The zero-order chi connectivity index (χ0) is 11.8. The lowest BCUT2D eigenvalue weighted by Crippen LogP contribution is -2.29. The standard InChI is InChI=1S/C13H27NO2/c1-4-16-13(11(2)3)5-7-14-9-12-6-8-15-10-12/h11-14H,4-10H2,1-3H3. The lowest BCUT2D eigenvalue weighted by atomic mass is 10.0. The Balaban J connectivity index is 2.03. The van der Waals surface area contributed by atoms with E-state index >= 15 is 0 Å². The molecule has 3 nitrogen and oxygen atoms in total. The minimum Gasteiger partial charge on any atom is -0.381 e. The highest BCUT2D eigenvalue weighted by Crippen LogP contribution is 2.12. The third kappa shape index (κ3) is 5.28. The SMILES string of the molecule is CCOC(CCNCC1CCOC1)C(C)C. The number of ether oxygens (including phenoxy) is 2. The minimum absolute atomic E-state index is 0.400. The fourth-order valence-electron chi connectivity index (χ4n) is 2.12. The first-order valence-electron chi connectivity index (χ1n) is 6.64. The van der Waals surface area contributed by atoms with Crippen LogP contribution in [-0.4, -0.2) is 39.0 Å². The molecule has 16 heavy (non-hydrogen) atoms. The number of hydrogen-bond acceptors (Lipinski definition) is 3. The van der Waals surface area contributed by atoms with Crippen LogP contribution < -0.4 is 5.32 Å². The van der Waals surface area contributed by atoms with Gasteiger partial charge in [0.15, 0.2) is 0 Å². The topological polar surface area (TPSA) is 30.5 Å². The first kappa shape index (κ1) is 13.9. The van der Waals surface area contributed by atoms with Crippen LogP contribution in [0.4, 0.5) is 0 Å². The van der Waals surface area contributed by atoms with Crippen LogP contribution in [0.2, 0.25) is 0 Å². The Bertz CT molecular complexity index is 167. The molecule has 2 unspecified atom stereocenters. The van der Waals surface area contributed by atoms with Gasteiger partial charge in [0, 0.05) is 19.8 Å². The Morgan fingerprint density at radius 1 is 1.44 bits per heavy atom. The molecule has 0 saturated carbocycles. The summed E-state index contributed by atoms with van der Waals surface area (Å²) in [5.74, 6) is 1.33. The largest absolute Gasteiger partial charge is 0.381 e. The molecule has 1 fully saturated rings. The van der Waals surface area contributed by atoms with E-state index in [0.717, 1.165) is 45.2 Å². The zero-order valence-electron chi connectivity index (χ0n) is 11.0. The summed E-state index contributed by atoms with van der Waals surface area (Å²) in [4.78, 5) is 0. The van der Waals surface area contributed by atoms with E-state index in [1.54, 1.807) is 0 Å². The van der Waals surface area contributed by atoms with Gasteiger partial charge in [0.2, 0.25) is 0 Å². The molecule has 0 radical (unpaired) electrons. The summed E-state index contributed by atoms with van der Waals surface area (Å²) in [6, 6.07) is 0. The molecule has 1 saturated heterocycles. The van der Waals surface area contributed by atoms with Gasteiger partial charge >= 0.3 is 0 Å². The molecule has 0 aromatic rings. The Kier molecular flexibility index (Phi) is 7.01. The molecule has 1 aliphatic rings. The molecule has 1 aliphatic heterocycles. The van der Waals surface area contributed by atoms with E-state index in [1.165, 1.54) is 6.42 Å².